The lowest BCUT2D eigenvalue weighted by atomic mass is 9.82. The van der Waals surface area contributed by atoms with Gasteiger partial charge in [-0.15, -0.1) is 0 Å². The Labute approximate surface area is 237 Å². The molecule has 0 aromatic heterocycles. The van der Waals surface area contributed by atoms with Crippen LogP contribution in [-0.2, 0) is 23.9 Å². The number of rotatable bonds is 13. The molecule has 0 heterocycles. The van der Waals surface area contributed by atoms with E-state index in [-0.39, 0.29) is 30.1 Å². The lowest BCUT2D eigenvalue weighted by molar-refractivity contribution is -0.147. The van der Waals surface area contributed by atoms with E-state index in [0.29, 0.717) is 18.4 Å². The van der Waals surface area contributed by atoms with E-state index < -0.39 is 52.8 Å². The number of ether oxygens (including phenoxy) is 4. The summed E-state index contributed by atoms with van der Waals surface area (Å²) in [6.07, 6.45) is 0.143. The Balaban J connectivity index is 3.44. The molecule has 2 unspecified atom stereocenters. The van der Waals surface area contributed by atoms with E-state index >= 15 is 0 Å². The van der Waals surface area contributed by atoms with Gasteiger partial charge in [-0.3, -0.25) is 14.4 Å². The quantitative estimate of drug-likeness (QED) is 0.225. The topological polar surface area (TPSA) is 151 Å². The molecule has 0 aliphatic rings. The fourth-order valence-electron chi connectivity index (χ4n) is 3.32. The lowest BCUT2D eigenvalue weighted by Crippen LogP contribution is -2.40. The van der Waals surface area contributed by atoms with Gasteiger partial charge in [0.2, 0.25) is 0 Å². The molecule has 40 heavy (non-hydrogen) atoms. The molecule has 0 saturated carbocycles. The Morgan fingerprint density at radius 3 is 1.80 bits per heavy atom. The number of carbonyl (C=O) groups is 4. The van der Waals surface area contributed by atoms with Crippen LogP contribution in [0.5, 0.6) is 11.5 Å². The van der Waals surface area contributed by atoms with Crippen LogP contribution in [0.1, 0.15) is 93.6 Å². The van der Waals surface area contributed by atoms with Gasteiger partial charge in [-0.1, -0.05) is 47.6 Å². The smallest absolute Gasteiger partial charge is 0.480 e. The summed E-state index contributed by atoms with van der Waals surface area (Å²) in [5.74, 6) is -3.77. The molecular formula is C30H47NO9. The summed E-state index contributed by atoms with van der Waals surface area (Å²) in [6, 6.07) is 3.08. The van der Waals surface area contributed by atoms with Crippen molar-refractivity contribution in [3.63, 3.8) is 0 Å². The highest BCUT2D eigenvalue weighted by molar-refractivity contribution is 5.81. The van der Waals surface area contributed by atoms with Crippen molar-refractivity contribution in [2.24, 2.45) is 27.9 Å². The number of hydrogen-bond acceptors (Lipinski definition) is 9. The number of carbonyl (C=O) groups excluding carboxylic acids is 3. The second-order valence-electron chi connectivity index (χ2n) is 12.7. The fourth-order valence-corrected chi connectivity index (χ4v) is 3.32. The molecule has 3 atom stereocenters. The lowest BCUT2D eigenvalue weighted by Gasteiger charge is -2.29. The highest BCUT2D eigenvalue weighted by Crippen LogP contribution is 2.38. The summed E-state index contributed by atoms with van der Waals surface area (Å²) >= 11 is 0. The van der Waals surface area contributed by atoms with Crippen LogP contribution in [0.15, 0.2) is 18.2 Å². The van der Waals surface area contributed by atoms with Crippen LogP contribution in [0.2, 0.25) is 0 Å². The van der Waals surface area contributed by atoms with E-state index in [1.54, 1.807) is 40.7 Å². The largest absolute Gasteiger partial charge is 0.508 e. The van der Waals surface area contributed by atoms with E-state index in [0.717, 1.165) is 0 Å². The van der Waals surface area contributed by atoms with Gasteiger partial charge in [0.05, 0.1) is 24.0 Å². The maximum absolute atomic E-state index is 13.0. The molecule has 1 aromatic rings. The molecule has 0 radical (unpaired) electrons. The zero-order valence-corrected chi connectivity index (χ0v) is 25.6. The van der Waals surface area contributed by atoms with Crippen LogP contribution in [0.4, 0.5) is 4.79 Å². The number of aliphatic carboxylic acids is 1. The summed E-state index contributed by atoms with van der Waals surface area (Å²) in [5.41, 5.74) is 4.62. The summed E-state index contributed by atoms with van der Waals surface area (Å²) in [6.45, 7) is 18.0. The predicted molar refractivity (Wildman–Crippen MR) is 150 cm³/mol. The Bertz CT molecular complexity index is 1060. The average Bonchev–Trinajstić information content (AvgIpc) is 2.86. The molecule has 0 bridgehead atoms. The van der Waals surface area contributed by atoms with Crippen molar-refractivity contribution in [3.8, 4) is 11.5 Å². The van der Waals surface area contributed by atoms with E-state index in [9.17, 15) is 24.3 Å². The molecule has 1 aromatic carbocycles. The van der Waals surface area contributed by atoms with Crippen LogP contribution in [0, 0.1) is 22.2 Å². The van der Waals surface area contributed by atoms with E-state index in [4.69, 9.17) is 24.7 Å². The van der Waals surface area contributed by atoms with Gasteiger partial charge in [0.1, 0.15) is 6.04 Å². The molecular weight excluding hydrogens is 518 g/mol. The molecule has 1 rings (SSSR count). The van der Waals surface area contributed by atoms with Crippen molar-refractivity contribution < 1.29 is 43.2 Å². The number of benzene rings is 1. The fraction of sp³-hybridized carbons (Fsp3) is 0.667. The zero-order valence-electron chi connectivity index (χ0n) is 25.6. The van der Waals surface area contributed by atoms with E-state index in [1.807, 2.05) is 34.6 Å². The van der Waals surface area contributed by atoms with Gasteiger partial charge in [-0.2, -0.15) is 0 Å². The molecule has 0 amide bonds. The third-order valence-electron chi connectivity index (χ3n) is 7.00. The molecule has 3 N–H and O–H groups in total. The van der Waals surface area contributed by atoms with Gasteiger partial charge in [-0.05, 0) is 69.6 Å². The third kappa shape index (κ3) is 10.1. The molecule has 0 aliphatic heterocycles. The average molecular weight is 566 g/mol. The summed E-state index contributed by atoms with van der Waals surface area (Å²) in [4.78, 5) is 49.9. The summed E-state index contributed by atoms with van der Waals surface area (Å²) in [7, 11) is 0. The maximum atomic E-state index is 13.0. The molecule has 10 heteroatoms. The molecule has 226 valence electrons. The van der Waals surface area contributed by atoms with Crippen molar-refractivity contribution in [2.45, 2.75) is 94.0 Å². The SMILES string of the molecule is CCC(C)(C)C(=O)Oc1ccc(C(C(C)COC(=O)OCC(C)(C)C)[C@H](N)C(=O)O)cc1OC(=O)C(C)(C)CC. The van der Waals surface area contributed by atoms with Crippen molar-refractivity contribution in [1.29, 1.82) is 0 Å². The monoisotopic (exact) mass is 565 g/mol. The number of esters is 2. The van der Waals surface area contributed by atoms with Gasteiger partial charge in [0.15, 0.2) is 11.5 Å². The Kier molecular flexibility index (Phi) is 12.2. The number of nitrogens with two attached hydrogens (primary N) is 1. The molecule has 0 saturated heterocycles. The van der Waals surface area contributed by atoms with Gasteiger partial charge in [0.25, 0.3) is 0 Å². The Hall–Kier alpha value is -3.14. The van der Waals surface area contributed by atoms with Crippen LogP contribution in [-0.4, -0.2) is 48.4 Å². The molecule has 0 aliphatic carbocycles. The second kappa shape index (κ2) is 14.0. The highest BCUT2D eigenvalue weighted by atomic mass is 16.7. The third-order valence-corrected chi connectivity index (χ3v) is 7.00. The van der Waals surface area contributed by atoms with Crippen molar-refractivity contribution in [1.82, 2.24) is 0 Å². The van der Waals surface area contributed by atoms with Crippen molar-refractivity contribution >= 4 is 24.1 Å². The first-order valence-corrected chi connectivity index (χ1v) is 13.6. The van der Waals surface area contributed by atoms with Crippen molar-refractivity contribution in [2.75, 3.05) is 13.2 Å². The summed E-state index contributed by atoms with van der Waals surface area (Å²) in [5, 5.41) is 9.75. The number of carboxylic acid groups (broad SMARTS) is 1. The first kappa shape index (κ1) is 34.9. The maximum Gasteiger partial charge on any atom is 0.508 e. The minimum absolute atomic E-state index is 0.0211. The van der Waals surface area contributed by atoms with Crippen LogP contribution in [0.3, 0.4) is 0 Å². The van der Waals surface area contributed by atoms with Gasteiger partial charge in [0, 0.05) is 5.92 Å². The van der Waals surface area contributed by atoms with Crippen LogP contribution < -0.4 is 15.2 Å². The van der Waals surface area contributed by atoms with Crippen LogP contribution >= 0.6 is 0 Å². The Morgan fingerprint density at radius 1 is 0.850 bits per heavy atom. The van der Waals surface area contributed by atoms with Gasteiger partial charge in [-0.25, -0.2) is 4.79 Å². The van der Waals surface area contributed by atoms with E-state index in [2.05, 4.69) is 0 Å². The molecule has 0 fully saturated rings. The predicted octanol–water partition coefficient (Wildman–Crippen LogP) is 5.70. The standard InChI is InChI=1S/C30H47NO9/c1-11-29(7,8)25(34)39-20-14-13-19(15-21(20)40-26(35)30(9,10)12-2)22(23(31)24(32)33)18(3)16-37-27(36)38-17-28(4,5)6/h13-15,18,22-23H,11-12,16-17,31H2,1-10H3,(H,32,33)/t18?,22?,23-/m0/s1. The highest BCUT2D eigenvalue weighted by Gasteiger charge is 2.35. The van der Waals surface area contributed by atoms with Crippen LogP contribution in [0.25, 0.3) is 0 Å². The zero-order chi connectivity index (χ0) is 31.1. The first-order chi connectivity index (χ1) is 18.3. The summed E-state index contributed by atoms with van der Waals surface area (Å²) < 4.78 is 21.7. The molecule has 0 spiro atoms. The van der Waals surface area contributed by atoms with Gasteiger partial charge < -0.3 is 29.8 Å². The second-order valence-corrected chi connectivity index (χ2v) is 12.7. The minimum Gasteiger partial charge on any atom is -0.480 e. The minimum atomic E-state index is -1.38. The normalized spacial score (nSPS) is 14.5. The Morgan fingerprint density at radius 2 is 1.35 bits per heavy atom. The number of carboxylic acids is 1. The first-order valence-electron chi connectivity index (χ1n) is 13.6. The molecule has 10 nitrogen and oxygen atoms in total. The number of hydrogen-bond donors (Lipinski definition) is 2. The van der Waals surface area contributed by atoms with Crippen molar-refractivity contribution in [3.05, 3.63) is 23.8 Å². The van der Waals surface area contributed by atoms with Gasteiger partial charge >= 0.3 is 24.1 Å². The van der Waals surface area contributed by atoms with E-state index in [1.165, 1.54) is 12.1 Å².